The summed E-state index contributed by atoms with van der Waals surface area (Å²) in [6, 6.07) is 13.4. The van der Waals surface area contributed by atoms with Crippen molar-refractivity contribution < 1.29 is 14.4 Å². The normalized spacial score (nSPS) is 25.0. The third-order valence-electron chi connectivity index (χ3n) is 6.15. The zero-order valence-corrected chi connectivity index (χ0v) is 18.0. The minimum atomic E-state index is -0.661. The van der Waals surface area contributed by atoms with E-state index in [2.05, 4.69) is 5.32 Å². The molecular weight excluding hydrogens is 439 g/mol. The van der Waals surface area contributed by atoms with Crippen molar-refractivity contribution in [2.75, 3.05) is 25.0 Å². The molecule has 5 amide bonds. The molecule has 9 heteroatoms. The van der Waals surface area contributed by atoms with Crippen molar-refractivity contribution in [2.24, 2.45) is 0 Å². The number of hydrogen-bond acceptors (Lipinski definition) is 3. The lowest BCUT2D eigenvalue weighted by molar-refractivity contribution is -0.129. The first-order valence-corrected chi connectivity index (χ1v) is 10.9. The van der Waals surface area contributed by atoms with Crippen molar-refractivity contribution in [2.45, 2.75) is 24.4 Å². The summed E-state index contributed by atoms with van der Waals surface area (Å²) in [5, 5.41) is 3.39. The summed E-state index contributed by atoms with van der Waals surface area (Å²) in [4.78, 5) is 43.3. The Kier molecular flexibility index (Phi) is 5.02. The molecule has 3 aliphatic rings. The minimum Gasteiger partial charge on any atom is -0.320 e. The van der Waals surface area contributed by atoms with Crippen molar-refractivity contribution in [3.63, 3.8) is 0 Å². The molecule has 1 saturated carbocycles. The van der Waals surface area contributed by atoms with Gasteiger partial charge in [0.2, 0.25) is 0 Å². The van der Waals surface area contributed by atoms with Gasteiger partial charge in [0.15, 0.2) is 0 Å². The predicted octanol–water partition coefficient (Wildman–Crippen LogP) is 4.03. The highest BCUT2D eigenvalue weighted by molar-refractivity contribution is 6.39. The minimum absolute atomic E-state index is 0.114. The summed E-state index contributed by atoms with van der Waals surface area (Å²) < 4.78 is 0. The van der Waals surface area contributed by atoms with Gasteiger partial charge in [-0.15, -0.1) is 0 Å². The van der Waals surface area contributed by atoms with Crippen molar-refractivity contribution in [1.29, 1.82) is 0 Å². The molecule has 2 saturated heterocycles. The van der Waals surface area contributed by atoms with Gasteiger partial charge in [-0.25, -0.2) is 9.59 Å². The van der Waals surface area contributed by atoms with E-state index in [1.54, 1.807) is 23.1 Å². The van der Waals surface area contributed by atoms with Gasteiger partial charge in [-0.3, -0.25) is 9.69 Å². The molecule has 2 aliphatic heterocycles. The molecule has 7 nitrogen and oxygen atoms in total. The molecule has 3 atom stereocenters. The number of carbonyl (C=O) groups excluding carboxylic acids is 3. The van der Waals surface area contributed by atoms with Gasteiger partial charge in [0.05, 0.1) is 22.3 Å². The van der Waals surface area contributed by atoms with Gasteiger partial charge >= 0.3 is 12.1 Å². The Morgan fingerprint density at radius 2 is 1.68 bits per heavy atom. The fraction of sp³-hybridized carbons (Fsp3) is 0.318. The number of nitrogens with one attached hydrogen (secondary N) is 1. The van der Waals surface area contributed by atoms with Crippen molar-refractivity contribution in [3.8, 4) is 0 Å². The first kappa shape index (κ1) is 20.2. The van der Waals surface area contributed by atoms with Crippen LogP contribution in [0.1, 0.15) is 17.9 Å². The predicted molar refractivity (Wildman–Crippen MR) is 117 cm³/mol. The molecule has 1 unspecified atom stereocenters. The van der Waals surface area contributed by atoms with E-state index in [0.29, 0.717) is 28.8 Å². The van der Waals surface area contributed by atoms with Crippen LogP contribution in [0.2, 0.25) is 10.0 Å². The lowest BCUT2D eigenvalue weighted by Gasteiger charge is -2.35. The fourth-order valence-electron chi connectivity index (χ4n) is 4.43. The first-order chi connectivity index (χ1) is 15.0. The molecule has 31 heavy (non-hydrogen) atoms. The molecule has 2 aromatic carbocycles. The van der Waals surface area contributed by atoms with Crippen LogP contribution in [0.5, 0.6) is 0 Å². The number of imide groups is 1. The number of benzene rings is 2. The van der Waals surface area contributed by atoms with Crippen molar-refractivity contribution >= 4 is 46.9 Å². The molecule has 0 spiro atoms. The van der Waals surface area contributed by atoms with Crippen LogP contribution in [0.3, 0.4) is 0 Å². The number of amides is 5. The van der Waals surface area contributed by atoms with Crippen LogP contribution in [0, 0.1) is 0 Å². The Balaban J connectivity index is 1.28. The molecule has 1 N–H and O–H groups in total. The van der Waals surface area contributed by atoms with E-state index in [1.165, 1.54) is 9.80 Å². The quantitative estimate of drug-likeness (QED) is 0.705. The molecular formula is C22H20Cl2N4O3. The topological polar surface area (TPSA) is 73.0 Å². The second-order valence-corrected chi connectivity index (χ2v) is 8.81. The molecule has 2 aromatic rings. The van der Waals surface area contributed by atoms with Crippen LogP contribution >= 0.6 is 23.2 Å². The largest absolute Gasteiger partial charge is 0.327 e. The molecule has 0 bridgehead atoms. The number of halogens is 2. The monoisotopic (exact) mass is 458 g/mol. The van der Waals surface area contributed by atoms with Gasteiger partial charge in [-0.1, -0.05) is 59.6 Å². The maximum absolute atomic E-state index is 13.1. The van der Waals surface area contributed by atoms with Gasteiger partial charge < -0.3 is 15.1 Å². The highest BCUT2D eigenvalue weighted by Crippen LogP contribution is 2.46. The summed E-state index contributed by atoms with van der Waals surface area (Å²) in [5.41, 5.74) is 1.47. The Labute approximate surface area is 189 Å². The summed E-state index contributed by atoms with van der Waals surface area (Å²) in [7, 11) is 0. The van der Waals surface area contributed by atoms with Gasteiger partial charge in [0.25, 0.3) is 5.91 Å². The van der Waals surface area contributed by atoms with E-state index in [9.17, 15) is 14.4 Å². The van der Waals surface area contributed by atoms with Gasteiger partial charge in [-0.2, -0.15) is 0 Å². The van der Waals surface area contributed by atoms with E-state index >= 15 is 0 Å². The van der Waals surface area contributed by atoms with Crippen LogP contribution in [0.15, 0.2) is 48.5 Å². The summed E-state index contributed by atoms with van der Waals surface area (Å²) in [6.45, 7) is 0.764. The molecule has 3 fully saturated rings. The van der Waals surface area contributed by atoms with Crippen LogP contribution < -0.4 is 5.32 Å². The van der Waals surface area contributed by atoms with E-state index in [1.807, 2.05) is 30.3 Å². The maximum atomic E-state index is 13.1. The third kappa shape index (κ3) is 3.51. The molecule has 1 aliphatic carbocycles. The number of para-hydroxylation sites is 1. The number of rotatable bonds is 3. The third-order valence-corrected chi connectivity index (χ3v) is 6.78. The number of anilines is 1. The summed E-state index contributed by atoms with van der Waals surface area (Å²) >= 11 is 12.3. The average molecular weight is 459 g/mol. The Hall–Kier alpha value is -2.77. The zero-order chi connectivity index (χ0) is 21.7. The van der Waals surface area contributed by atoms with Crippen LogP contribution in [-0.4, -0.2) is 64.4 Å². The number of piperazine rings is 1. The molecule has 0 radical (unpaired) electrons. The van der Waals surface area contributed by atoms with Crippen molar-refractivity contribution in [1.82, 2.24) is 14.7 Å². The highest BCUT2D eigenvalue weighted by Gasteiger charge is 2.56. The zero-order valence-electron chi connectivity index (χ0n) is 16.5. The smallest absolute Gasteiger partial charge is 0.320 e. The molecule has 0 aromatic heterocycles. The molecule has 2 heterocycles. The highest BCUT2D eigenvalue weighted by atomic mass is 35.5. The Morgan fingerprint density at radius 1 is 0.968 bits per heavy atom. The Morgan fingerprint density at radius 3 is 2.39 bits per heavy atom. The van der Waals surface area contributed by atoms with Gasteiger partial charge in [-0.05, 0) is 24.1 Å². The van der Waals surface area contributed by atoms with E-state index < -0.39 is 12.1 Å². The second kappa shape index (κ2) is 7.73. The first-order valence-electron chi connectivity index (χ1n) is 10.1. The van der Waals surface area contributed by atoms with Crippen LogP contribution in [-0.2, 0) is 4.79 Å². The van der Waals surface area contributed by atoms with E-state index in [4.69, 9.17) is 23.2 Å². The summed E-state index contributed by atoms with van der Waals surface area (Å²) in [5.74, 6) is -0.0565. The van der Waals surface area contributed by atoms with E-state index in [-0.39, 0.29) is 30.4 Å². The van der Waals surface area contributed by atoms with E-state index in [0.717, 1.165) is 12.0 Å². The molecule has 5 rings (SSSR count). The number of fused-ring (bicyclic) bond motifs is 1. The molecule has 160 valence electrons. The number of carbonyl (C=O) groups is 3. The lowest BCUT2D eigenvalue weighted by atomic mass is 10.1. The summed E-state index contributed by atoms with van der Waals surface area (Å²) in [6.07, 6.45) is 0.775. The standard InChI is InChI=1S/C22H20Cl2N4O3/c23-15-7-4-8-16(24)19(15)25-21(30)26-9-10-27-18(12-26)20(29)28(22(27)31)17-11-14(17)13-5-2-1-3-6-13/h1-8,14,17-18H,9-12H2,(H,25,30)/t14-,17+,18?/m1/s1. The lowest BCUT2D eigenvalue weighted by Crippen LogP contribution is -2.55. The Bertz CT molecular complexity index is 1040. The average Bonchev–Trinajstić information content (AvgIpc) is 3.52. The fourth-order valence-corrected chi connectivity index (χ4v) is 4.93. The number of hydrogen-bond donors (Lipinski definition) is 1. The van der Waals surface area contributed by atoms with Crippen molar-refractivity contribution in [3.05, 3.63) is 64.1 Å². The van der Waals surface area contributed by atoms with Gasteiger partial charge in [0, 0.05) is 25.0 Å². The van der Waals surface area contributed by atoms with Gasteiger partial charge in [0.1, 0.15) is 6.04 Å². The van der Waals surface area contributed by atoms with Crippen LogP contribution in [0.25, 0.3) is 0 Å². The SMILES string of the molecule is O=C(Nc1c(Cl)cccc1Cl)N1CCN2C(=O)N([C@H]3C[C@@H]3c3ccccc3)C(=O)C2C1. The number of nitrogens with zero attached hydrogens (tertiary/aromatic N) is 3. The van der Waals surface area contributed by atoms with Crippen LogP contribution in [0.4, 0.5) is 15.3 Å². The second-order valence-electron chi connectivity index (χ2n) is 7.99. The maximum Gasteiger partial charge on any atom is 0.327 e. The number of urea groups is 2.